The van der Waals surface area contributed by atoms with E-state index in [9.17, 15) is 14.7 Å². The number of amides is 2. The van der Waals surface area contributed by atoms with E-state index < -0.39 is 0 Å². The van der Waals surface area contributed by atoms with E-state index in [-0.39, 0.29) is 23.1 Å². The average molecular weight is 318 g/mol. The van der Waals surface area contributed by atoms with E-state index in [1.54, 1.807) is 13.0 Å². The third-order valence-electron chi connectivity index (χ3n) is 4.40. The molecule has 1 fully saturated rings. The van der Waals surface area contributed by atoms with Crippen LogP contribution in [0.4, 0.5) is 5.69 Å². The maximum atomic E-state index is 12.2. The normalized spacial score (nSPS) is 14.7. The first-order chi connectivity index (χ1) is 11.1. The Kier molecular flexibility index (Phi) is 6.44. The standard InChI is InChI=1S/C18H26N2O3/c1-2-17(22)20-14-9-10-16(21)15(12-14)18(23)19-11-5-8-13-6-3-4-7-13/h9-10,12-13,21H,2-8,11H2,1H3,(H,19,23)(H,20,22). The number of rotatable bonds is 7. The van der Waals surface area contributed by atoms with Gasteiger partial charge in [0, 0.05) is 18.7 Å². The number of anilines is 1. The van der Waals surface area contributed by atoms with Crippen LogP contribution in [-0.2, 0) is 4.79 Å². The van der Waals surface area contributed by atoms with E-state index in [1.807, 2.05) is 0 Å². The van der Waals surface area contributed by atoms with Gasteiger partial charge in [0.1, 0.15) is 5.75 Å². The lowest BCUT2D eigenvalue weighted by Crippen LogP contribution is -2.25. The first-order valence-electron chi connectivity index (χ1n) is 8.51. The SMILES string of the molecule is CCC(=O)Nc1ccc(O)c(C(=O)NCCCC2CCCC2)c1. The smallest absolute Gasteiger partial charge is 0.255 e. The van der Waals surface area contributed by atoms with Gasteiger partial charge in [-0.05, 0) is 37.0 Å². The minimum Gasteiger partial charge on any atom is -0.507 e. The molecule has 0 saturated heterocycles. The summed E-state index contributed by atoms with van der Waals surface area (Å²) >= 11 is 0. The van der Waals surface area contributed by atoms with Gasteiger partial charge in [0.15, 0.2) is 0 Å². The predicted molar refractivity (Wildman–Crippen MR) is 90.6 cm³/mol. The van der Waals surface area contributed by atoms with E-state index in [0.29, 0.717) is 18.7 Å². The van der Waals surface area contributed by atoms with Crippen LogP contribution in [0, 0.1) is 5.92 Å². The van der Waals surface area contributed by atoms with Crippen molar-refractivity contribution in [2.45, 2.75) is 51.9 Å². The van der Waals surface area contributed by atoms with Gasteiger partial charge in [0.25, 0.3) is 5.91 Å². The van der Waals surface area contributed by atoms with Gasteiger partial charge in [-0.1, -0.05) is 32.6 Å². The van der Waals surface area contributed by atoms with Gasteiger partial charge >= 0.3 is 0 Å². The van der Waals surface area contributed by atoms with Gasteiger partial charge in [-0.15, -0.1) is 0 Å². The summed E-state index contributed by atoms with van der Waals surface area (Å²) in [5.74, 6) is 0.306. The van der Waals surface area contributed by atoms with Gasteiger partial charge in [0.05, 0.1) is 5.56 Å². The third-order valence-corrected chi connectivity index (χ3v) is 4.40. The second-order valence-electron chi connectivity index (χ2n) is 6.18. The monoisotopic (exact) mass is 318 g/mol. The minimum atomic E-state index is -0.304. The molecule has 1 saturated carbocycles. The summed E-state index contributed by atoms with van der Waals surface area (Å²) < 4.78 is 0. The van der Waals surface area contributed by atoms with E-state index in [4.69, 9.17) is 0 Å². The van der Waals surface area contributed by atoms with Crippen LogP contribution < -0.4 is 10.6 Å². The molecule has 23 heavy (non-hydrogen) atoms. The van der Waals surface area contributed by atoms with Crippen molar-refractivity contribution in [3.63, 3.8) is 0 Å². The number of phenols is 1. The van der Waals surface area contributed by atoms with E-state index in [0.717, 1.165) is 18.8 Å². The molecule has 1 aliphatic carbocycles. The first kappa shape index (κ1) is 17.3. The largest absolute Gasteiger partial charge is 0.507 e. The lowest BCUT2D eigenvalue weighted by atomic mass is 10.0. The quantitative estimate of drug-likeness (QED) is 0.532. The van der Waals surface area contributed by atoms with Crippen molar-refractivity contribution in [1.29, 1.82) is 0 Å². The molecule has 0 spiro atoms. The van der Waals surface area contributed by atoms with E-state index in [1.165, 1.54) is 37.8 Å². The van der Waals surface area contributed by atoms with Gasteiger partial charge in [0.2, 0.25) is 5.91 Å². The van der Waals surface area contributed by atoms with Crippen molar-refractivity contribution >= 4 is 17.5 Å². The van der Waals surface area contributed by atoms with Crippen molar-refractivity contribution in [1.82, 2.24) is 5.32 Å². The van der Waals surface area contributed by atoms with Crippen molar-refractivity contribution in [3.8, 4) is 5.75 Å². The van der Waals surface area contributed by atoms with Crippen molar-refractivity contribution in [3.05, 3.63) is 23.8 Å². The van der Waals surface area contributed by atoms with Crippen molar-refractivity contribution in [2.75, 3.05) is 11.9 Å². The average Bonchev–Trinajstić information content (AvgIpc) is 3.06. The number of hydrogen-bond donors (Lipinski definition) is 3. The molecule has 0 aliphatic heterocycles. The molecule has 5 nitrogen and oxygen atoms in total. The maximum absolute atomic E-state index is 12.2. The summed E-state index contributed by atoms with van der Waals surface area (Å²) in [6, 6.07) is 4.52. The highest BCUT2D eigenvalue weighted by atomic mass is 16.3. The van der Waals surface area contributed by atoms with Crippen LogP contribution >= 0.6 is 0 Å². The number of aromatic hydroxyl groups is 1. The Balaban J connectivity index is 1.84. The molecule has 2 rings (SSSR count). The number of hydrogen-bond acceptors (Lipinski definition) is 3. The Morgan fingerprint density at radius 1 is 1.26 bits per heavy atom. The summed E-state index contributed by atoms with van der Waals surface area (Å²) in [6.07, 6.45) is 7.77. The van der Waals surface area contributed by atoms with Gasteiger partial charge in [-0.2, -0.15) is 0 Å². The third kappa shape index (κ3) is 5.27. The van der Waals surface area contributed by atoms with Crippen LogP contribution in [0.2, 0.25) is 0 Å². The van der Waals surface area contributed by atoms with Gasteiger partial charge in [-0.3, -0.25) is 9.59 Å². The topological polar surface area (TPSA) is 78.4 Å². The molecule has 5 heteroatoms. The fourth-order valence-corrected chi connectivity index (χ4v) is 3.03. The Labute approximate surface area is 137 Å². The Hall–Kier alpha value is -2.04. The summed E-state index contributed by atoms with van der Waals surface area (Å²) in [5.41, 5.74) is 0.713. The maximum Gasteiger partial charge on any atom is 0.255 e. The zero-order valence-corrected chi connectivity index (χ0v) is 13.7. The van der Waals surface area contributed by atoms with Crippen LogP contribution in [0.25, 0.3) is 0 Å². The molecule has 3 N–H and O–H groups in total. The predicted octanol–water partition coefficient (Wildman–Crippen LogP) is 3.44. The molecule has 2 amide bonds. The number of nitrogens with one attached hydrogen (secondary N) is 2. The Bertz CT molecular complexity index is 551. The first-order valence-corrected chi connectivity index (χ1v) is 8.51. The lowest BCUT2D eigenvalue weighted by molar-refractivity contribution is -0.115. The second kappa shape index (κ2) is 8.56. The second-order valence-corrected chi connectivity index (χ2v) is 6.18. The highest BCUT2D eigenvalue weighted by Gasteiger charge is 2.15. The molecule has 0 unspecified atom stereocenters. The van der Waals surface area contributed by atoms with Crippen LogP contribution in [0.15, 0.2) is 18.2 Å². The fourth-order valence-electron chi connectivity index (χ4n) is 3.03. The van der Waals surface area contributed by atoms with Gasteiger partial charge < -0.3 is 15.7 Å². The highest BCUT2D eigenvalue weighted by molar-refractivity contribution is 5.99. The van der Waals surface area contributed by atoms with Crippen molar-refractivity contribution < 1.29 is 14.7 Å². The molecule has 0 atom stereocenters. The number of benzene rings is 1. The molecule has 0 radical (unpaired) electrons. The molecule has 0 bridgehead atoms. The van der Waals surface area contributed by atoms with Crippen molar-refractivity contribution in [2.24, 2.45) is 5.92 Å². The zero-order chi connectivity index (χ0) is 16.7. The number of phenolic OH excluding ortho intramolecular Hbond substituents is 1. The lowest BCUT2D eigenvalue weighted by Gasteiger charge is -2.11. The fraction of sp³-hybridized carbons (Fsp3) is 0.556. The summed E-state index contributed by atoms with van der Waals surface area (Å²) in [6.45, 7) is 2.37. The molecular formula is C18H26N2O3. The summed E-state index contributed by atoms with van der Waals surface area (Å²) in [4.78, 5) is 23.6. The molecule has 0 aromatic heterocycles. The minimum absolute atomic E-state index is 0.0761. The van der Waals surface area contributed by atoms with Crippen LogP contribution in [0.5, 0.6) is 5.75 Å². The number of carbonyl (C=O) groups is 2. The van der Waals surface area contributed by atoms with Crippen LogP contribution in [0.1, 0.15) is 62.2 Å². The summed E-state index contributed by atoms with van der Waals surface area (Å²) in [5, 5.41) is 15.4. The van der Waals surface area contributed by atoms with Crippen LogP contribution in [-0.4, -0.2) is 23.5 Å². The highest BCUT2D eigenvalue weighted by Crippen LogP contribution is 2.28. The molecular weight excluding hydrogens is 292 g/mol. The molecule has 126 valence electrons. The Morgan fingerprint density at radius 3 is 2.70 bits per heavy atom. The van der Waals surface area contributed by atoms with Crippen LogP contribution in [0.3, 0.4) is 0 Å². The molecule has 1 aromatic rings. The summed E-state index contributed by atoms with van der Waals surface area (Å²) in [7, 11) is 0. The zero-order valence-electron chi connectivity index (χ0n) is 13.7. The van der Waals surface area contributed by atoms with E-state index in [2.05, 4.69) is 10.6 Å². The van der Waals surface area contributed by atoms with Gasteiger partial charge in [-0.25, -0.2) is 0 Å². The van der Waals surface area contributed by atoms with E-state index >= 15 is 0 Å². The molecule has 1 aliphatic rings. The molecule has 0 heterocycles. The Morgan fingerprint density at radius 2 is 2.00 bits per heavy atom. The number of carbonyl (C=O) groups excluding carboxylic acids is 2. The molecule has 1 aromatic carbocycles.